The summed E-state index contributed by atoms with van der Waals surface area (Å²) in [6.45, 7) is 4.00. The Morgan fingerprint density at radius 1 is 1.47 bits per heavy atom. The molecule has 1 aromatic carbocycles. The van der Waals surface area contributed by atoms with Gasteiger partial charge in [-0.2, -0.15) is 0 Å². The zero-order valence-corrected chi connectivity index (χ0v) is 9.05. The van der Waals surface area contributed by atoms with E-state index in [-0.39, 0.29) is 18.0 Å². The van der Waals surface area contributed by atoms with Crippen molar-refractivity contribution in [3.05, 3.63) is 24.0 Å². The molecular formula is C11H17FN2O. The normalized spacial score (nSPS) is 11.5. The number of halogens is 1. The number of nitrogens with two attached hydrogens (primary N) is 1. The second kappa shape index (κ2) is 4.49. The number of rotatable bonds is 4. The minimum Gasteiger partial charge on any atom is -0.397 e. The molecule has 84 valence electrons. The van der Waals surface area contributed by atoms with Gasteiger partial charge in [0.1, 0.15) is 5.82 Å². The van der Waals surface area contributed by atoms with Crippen LogP contribution < -0.4 is 11.1 Å². The van der Waals surface area contributed by atoms with Gasteiger partial charge in [0, 0.05) is 12.1 Å². The summed E-state index contributed by atoms with van der Waals surface area (Å²) in [4.78, 5) is 0. The number of anilines is 2. The third-order valence-electron chi connectivity index (χ3n) is 2.22. The number of nitrogens with one attached hydrogen (secondary N) is 1. The van der Waals surface area contributed by atoms with Crippen molar-refractivity contribution in [1.29, 1.82) is 0 Å². The maximum absolute atomic E-state index is 12.8. The molecule has 1 rings (SSSR count). The first-order valence-electron chi connectivity index (χ1n) is 4.89. The van der Waals surface area contributed by atoms with Crippen LogP contribution in [0.3, 0.4) is 0 Å². The number of hydrogen-bond acceptors (Lipinski definition) is 3. The lowest BCUT2D eigenvalue weighted by molar-refractivity contribution is 0.261. The van der Waals surface area contributed by atoms with Crippen LogP contribution in [0.1, 0.15) is 20.3 Å². The standard InChI is InChI=1S/C11H17FN2O/c1-11(2,5-6-15)14-10-4-3-8(12)7-9(10)13/h3-4,7,14-15H,5-6,13H2,1-2H3. The lowest BCUT2D eigenvalue weighted by Gasteiger charge is -2.27. The number of hydrogen-bond donors (Lipinski definition) is 3. The minimum absolute atomic E-state index is 0.0983. The van der Waals surface area contributed by atoms with Gasteiger partial charge in [0.25, 0.3) is 0 Å². The summed E-state index contributed by atoms with van der Waals surface area (Å²) in [6, 6.07) is 4.23. The average Bonchev–Trinajstić information content (AvgIpc) is 2.09. The summed E-state index contributed by atoms with van der Waals surface area (Å²) in [7, 11) is 0. The van der Waals surface area contributed by atoms with Gasteiger partial charge in [-0.05, 0) is 38.5 Å². The highest BCUT2D eigenvalue weighted by Gasteiger charge is 2.17. The van der Waals surface area contributed by atoms with Crippen molar-refractivity contribution < 1.29 is 9.50 Å². The molecular weight excluding hydrogens is 195 g/mol. The second-order valence-corrected chi connectivity index (χ2v) is 4.21. The van der Waals surface area contributed by atoms with Crippen LogP contribution in [0.4, 0.5) is 15.8 Å². The molecule has 0 spiro atoms. The van der Waals surface area contributed by atoms with Crippen LogP contribution in [-0.2, 0) is 0 Å². The van der Waals surface area contributed by atoms with E-state index in [1.807, 2.05) is 13.8 Å². The number of aliphatic hydroxyl groups excluding tert-OH is 1. The molecule has 0 saturated carbocycles. The Balaban J connectivity index is 2.80. The Morgan fingerprint density at radius 3 is 2.67 bits per heavy atom. The van der Waals surface area contributed by atoms with Gasteiger partial charge in [-0.1, -0.05) is 0 Å². The van der Waals surface area contributed by atoms with Gasteiger partial charge in [-0.15, -0.1) is 0 Å². The van der Waals surface area contributed by atoms with Crippen LogP contribution in [-0.4, -0.2) is 17.3 Å². The summed E-state index contributed by atoms with van der Waals surface area (Å²) >= 11 is 0. The molecule has 0 aliphatic carbocycles. The van der Waals surface area contributed by atoms with Crippen LogP contribution >= 0.6 is 0 Å². The van der Waals surface area contributed by atoms with Gasteiger partial charge in [-0.3, -0.25) is 0 Å². The molecule has 3 nitrogen and oxygen atoms in total. The van der Waals surface area contributed by atoms with Gasteiger partial charge in [0.2, 0.25) is 0 Å². The van der Waals surface area contributed by atoms with Gasteiger partial charge in [-0.25, -0.2) is 4.39 Å². The summed E-state index contributed by atoms with van der Waals surface area (Å²) in [5.41, 5.74) is 6.46. The van der Waals surface area contributed by atoms with E-state index < -0.39 is 0 Å². The number of nitrogen functional groups attached to an aromatic ring is 1. The van der Waals surface area contributed by atoms with Crippen molar-refractivity contribution in [2.75, 3.05) is 17.7 Å². The van der Waals surface area contributed by atoms with Crippen LogP contribution in [0.2, 0.25) is 0 Å². The van der Waals surface area contributed by atoms with Crippen molar-refractivity contribution in [3.63, 3.8) is 0 Å². The molecule has 0 aliphatic heterocycles. The summed E-state index contributed by atoms with van der Waals surface area (Å²) in [5, 5.41) is 12.0. The molecule has 0 amide bonds. The third kappa shape index (κ3) is 3.40. The molecule has 4 heteroatoms. The summed E-state index contributed by atoms with van der Waals surface area (Å²) in [5.74, 6) is -0.349. The molecule has 0 heterocycles. The predicted molar refractivity (Wildman–Crippen MR) is 60.2 cm³/mol. The molecule has 4 N–H and O–H groups in total. The molecule has 0 atom stereocenters. The molecule has 0 radical (unpaired) electrons. The second-order valence-electron chi connectivity index (χ2n) is 4.21. The Kier molecular flexibility index (Phi) is 3.52. The van der Waals surface area contributed by atoms with Gasteiger partial charge in [0.15, 0.2) is 0 Å². The SMILES string of the molecule is CC(C)(CCO)Nc1ccc(F)cc1N. The van der Waals surface area contributed by atoms with E-state index in [0.717, 1.165) is 0 Å². The smallest absolute Gasteiger partial charge is 0.125 e. The van der Waals surface area contributed by atoms with Crippen LogP contribution in [0.15, 0.2) is 18.2 Å². The Labute approximate surface area is 89.1 Å². The maximum Gasteiger partial charge on any atom is 0.125 e. The van der Waals surface area contributed by atoms with Gasteiger partial charge >= 0.3 is 0 Å². The predicted octanol–water partition coefficient (Wildman–Crippen LogP) is 1.98. The lowest BCUT2D eigenvalue weighted by atomic mass is 10.0. The van der Waals surface area contributed by atoms with E-state index in [1.165, 1.54) is 12.1 Å². The van der Waals surface area contributed by atoms with Crippen molar-refractivity contribution in [3.8, 4) is 0 Å². The molecule has 0 aromatic heterocycles. The lowest BCUT2D eigenvalue weighted by Crippen LogP contribution is -2.32. The van der Waals surface area contributed by atoms with Crippen LogP contribution in [0, 0.1) is 5.82 Å². The number of benzene rings is 1. The largest absolute Gasteiger partial charge is 0.397 e. The average molecular weight is 212 g/mol. The Bertz CT molecular complexity index is 339. The van der Waals surface area contributed by atoms with Crippen molar-refractivity contribution in [1.82, 2.24) is 0 Å². The first kappa shape index (κ1) is 11.8. The highest BCUT2D eigenvalue weighted by Crippen LogP contribution is 2.24. The fraction of sp³-hybridized carbons (Fsp3) is 0.455. The summed E-state index contributed by atoms with van der Waals surface area (Å²) < 4.78 is 12.8. The van der Waals surface area contributed by atoms with E-state index in [2.05, 4.69) is 5.32 Å². The molecule has 0 saturated heterocycles. The molecule has 0 fully saturated rings. The van der Waals surface area contributed by atoms with Crippen molar-refractivity contribution >= 4 is 11.4 Å². The van der Waals surface area contributed by atoms with Gasteiger partial charge in [0.05, 0.1) is 11.4 Å². The van der Waals surface area contributed by atoms with E-state index in [1.54, 1.807) is 6.07 Å². The zero-order chi connectivity index (χ0) is 11.5. The Hall–Kier alpha value is -1.29. The molecule has 0 aliphatic rings. The maximum atomic E-state index is 12.8. The van der Waals surface area contributed by atoms with E-state index in [0.29, 0.717) is 17.8 Å². The fourth-order valence-electron chi connectivity index (χ4n) is 1.35. The number of aliphatic hydroxyl groups is 1. The first-order valence-corrected chi connectivity index (χ1v) is 4.89. The molecule has 0 unspecified atom stereocenters. The van der Waals surface area contributed by atoms with Crippen LogP contribution in [0.5, 0.6) is 0 Å². The minimum atomic E-state index is -0.349. The topological polar surface area (TPSA) is 58.3 Å². The van der Waals surface area contributed by atoms with E-state index in [9.17, 15) is 4.39 Å². The molecule has 15 heavy (non-hydrogen) atoms. The van der Waals surface area contributed by atoms with Crippen molar-refractivity contribution in [2.24, 2.45) is 0 Å². The van der Waals surface area contributed by atoms with Gasteiger partial charge < -0.3 is 16.2 Å². The molecule has 0 bridgehead atoms. The fourth-order valence-corrected chi connectivity index (χ4v) is 1.35. The monoisotopic (exact) mass is 212 g/mol. The molecule has 1 aromatic rings. The Morgan fingerprint density at radius 2 is 2.13 bits per heavy atom. The highest BCUT2D eigenvalue weighted by atomic mass is 19.1. The first-order chi connectivity index (χ1) is 6.94. The van der Waals surface area contributed by atoms with Crippen molar-refractivity contribution in [2.45, 2.75) is 25.8 Å². The van der Waals surface area contributed by atoms with E-state index in [4.69, 9.17) is 10.8 Å². The van der Waals surface area contributed by atoms with Crippen LogP contribution in [0.25, 0.3) is 0 Å². The van der Waals surface area contributed by atoms with E-state index >= 15 is 0 Å². The highest BCUT2D eigenvalue weighted by molar-refractivity contribution is 5.66. The zero-order valence-electron chi connectivity index (χ0n) is 9.05. The quantitative estimate of drug-likeness (QED) is 0.669. The third-order valence-corrected chi connectivity index (χ3v) is 2.22. The summed E-state index contributed by atoms with van der Waals surface area (Å²) in [6.07, 6.45) is 0.601.